The first-order chi connectivity index (χ1) is 12.1. The second-order valence-corrected chi connectivity index (χ2v) is 7.02. The summed E-state index contributed by atoms with van der Waals surface area (Å²) in [5.41, 5.74) is 2.26. The maximum Gasteiger partial charge on any atom is 0.233 e. The van der Waals surface area contributed by atoms with Gasteiger partial charge in [-0.05, 0) is 45.5 Å². The fourth-order valence-electron chi connectivity index (χ4n) is 3.85. The molecule has 2 aromatic heterocycles. The third-order valence-corrected chi connectivity index (χ3v) is 5.05. The summed E-state index contributed by atoms with van der Waals surface area (Å²) in [6, 6.07) is 4.25. The summed E-state index contributed by atoms with van der Waals surface area (Å²) < 4.78 is 7.22. The van der Waals surface area contributed by atoms with Crippen molar-refractivity contribution in [1.82, 2.24) is 29.5 Å². The second kappa shape index (κ2) is 7.93. The van der Waals surface area contributed by atoms with Crippen molar-refractivity contribution >= 4 is 0 Å². The summed E-state index contributed by atoms with van der Waals surface area (Å²) in [5, 5.41) is 8.30. The van der Waals surface area contributed by atoms with Crippen LogP contribution in [0, 0.1) is 5.92 Å². The van der Waals surface area contributed by atoms with Gasteiger partial charge in [-0.2, -0.15) is 5.10 Å². The number of hydrogen-bond acceptors (Lipinski definition) is 6. The van der Waals surface area contributed by atoms with Crippen molar-refractivity contribution in [2.75, 3.05) is 34.3 Å². The Bertz CT molecular complexity index is 670. The van der Waals surface area contributed by atoms with Crippen molar-refractivity contribution in [3.8, 4) is 5.88 Å². The van der Waals surface area contributed by atoms with Gasteiger partial charge in [0.25, 0.3) is 0 Å². The number of nitrogens with zero attached hydrogens (tertiary/aromatic N) is 6. The zero-order valence-electron chi connectivity index (χ0n) is 15.6. The Hall–Kier alpha value is -1.99. The summed E-state index contributed by atoms with van der Waals surface area (Å²) in [6.07, 6.45) is 6.38. The number of imidazole rings is 1. The molecular weight excluding hydrogens is 316 g/mol. The highest BCUT2D eigenvalue weighted by Crippen LogP contribution is 2.35. The number of methoxy groups -OCH3 is 1. The molecule has 0 aromatic carbocycles. The molecule has 1 fully saturated rings. The number of ether oxygens (including phenoxy) is 1. The molecule has 0 unspecified atom stereocenters. The van der Waals surface area contributed by atoms with Gasteiger partial charge in [0, 0.05) is 32.4 Å². The number of piperidine rings is 1. The molecule has 0 radical (unpaired) electrons. The van der Waals surface area contributed by atoms with Gasteiger partial charge in [-0.25, -0.2) is 4.98 Å². The predicted molar refractivity (Wildman–Crippen MR) is 96.2 cm³/mol. The highest BCUT2D eigenvalue weighted by atomic mass is 16.5. The van der Waals surface area contributed by atoms with Gasteiger partial charge in [0.1, 0.15) is 0 Å². The molecule has 136 valence electrons. The molecular formula is C18H28N6O. The van der Waals surface area contributed by atoms with Gasteiger partial charge in [0.2, 0.25) is 5.88 Å². The summed E-state index contributed by atoms with van der Waals surface area (Å²) in [4.78, 5) is 9.12. The topological polar surface area (TPSA) is 59.3 Å². The zero-order chi connectivity index (χ0) is 17.8. The summed E-state index contributed by atoms with van der Waals surface area (Å²) in [5.74, 6) is 1.13. The third-order valence-electron chi connectivity index (χ3n) is 5.05. The standard InChI is InChI=1S/C18H28N6O/c1-22(12-15-7-8-17(25-4)21-20-15)11-14-6-5-9-23(2)18(14)16-10-19-13-24(16)3/h7-8,10,13-14,18H,5-6,9,11-12H2,1-4H3/t14-,18+/m0/s1. The molecule has 0 spiro atoms. The molecule has 0 aliphatic carbocycles. The SMILES string of the molecule is COc1ccc(CN(C)C[C@@H]2CCCN(C)[C@H]2c2cncn2C)nn1. The van der Waals surface area contributed by atoms with Gasteiger partial charge < -0.3 is 14.2 Å². The fraction of sp³-hybridized carbons (Fsp3) is 0.611. The van der Waals surface area contributed by atoms with E-state index in [4.69, 9.17) is 4.74 Å². The van der Waals surface area contributed by atoms with Gasteiger partial charge in [-0.15, -0.1) is 5.10 Å². The minimum absolute atomic E-state index is 0.408. The Kier molecular flexibility index (Phi) is 5.65. The van der Waals surface area contributed by atoms with Crippen LogP contribution in [0.3, 0.4) is 0 Å². The molecule has 2 aromatic rings. The molecule has 0 saturated carbocycles. The third kappa shape index (κ3) is 4.16. The second-order valence-electron chi connectivity index (χ2n) is 7.02. The Balaban J connectivity index is 1.67. The van der Waals surface area contributed by atoms with E-state index < -0.39 is 0 Å². The lowest BCUT2D eigenvalue weighted by atomic mass is 9.87. The molecule has 1 saturated heterocycles. The number of hydrogen-bond donors (Lipinski definition) is 0. The van der Waals surface area contributed by atoms with Gasteiger partial charge in [0.15, 0.2) is 0 Å². The highest BCUT2D eigenvalue weighted by molar-refractivity contribution is 5.11. The van der Waals surface area contributed by atoms with Gasteiger partial charge >= 0.3 is 0 Å². The van der Waals surface area contributed by atoms with E-state index in [1.54, 1.807) is 7.11 Å². The zero-order valence-corrected chi connectivity index (χ0v) is 15.6. The first-order valence-electron chi connectivity index (χ1n) is 8.80. The molecule has 3 rings (SSSR count). The maximum absolute atomic E-state index is 5.07. The molecule has 7 heteroatoms. The number of aryl methyl sites for hydroxylation is 1. The first kappa shape index (κ1) is 17.8. The van der Waals surface area contributed by atoms with Crippen LogP contribution in [0.1, 0.15) is 30.3 Å². The minimum Gasteiger partial charge on any atom is -0.480 e. The van der Waals surface area contributed by atoms with E-state index in [1.807, 2.05) is 24.7 Å². The molecule has 1 aliphatic heterocycles. The van der Waals surface area contributed by atoms with E-state index in [1.165, 1.54) is 18.5 Å². The van der Waals surface area contributed by atoms with Crippen LogP contribution in [0.15, 0.2) is 24.7 Å². The van der Waals surface area contributed by atoms with Crippen LogP contribution in [-0.4, -0.2) is 63.8 Å². The van der Waals surface area contributed by atoms with Crippen molar-refractivity contribution in [2.45, 2.75) is 25.4 Å². The van der Waals surface area contributed by atoms with Crippen LogP contribution in [0.5, 0.6) is 5.88 Å². The van der Waals surface area contributed by atoms with Crippen molar-refractivity contribution < 1.29 is 4.74 Å². The summed E-state index contributed by atoms with van der Waals surface area (Å²) in [6.45, 7) is 2.95. The molecule has 0 amide bonds. The lowest BCUT2D eigenvalue weighted by molar-refractivity contribution is 0.0876. The average molecular weight is 344 g/mol. The highest BCUT2D eigenvalue weighted by Gasteiger charge is 2.32. The van der Waals surface area contributed by atoms with E-state index >= 15 is 0 Å². The average Bonchev–Trinajstić information content (AvgIpc) is 3.01. The monoisotopic (exact) mass is 344 g/mol. The molecule has 3 heterocycles. The number of aromatic nitrogens is 4. The van der Waals surface area contributed by atoms with Crippen LogP contribution >= 0.6 is 0 Å². The van der Waals surface area contributed by atoms with E-state index in [0.29, 0.717) is 17.8 Å². The smallest absolute Gasteiger partial charge is 0.233 e. The van der Waals surface area contributed by atoms with E-state index in [0.717, 1.165) is 25.3 Å². The van der Waals surface area contributed by atoms with Gasteiger partial charge in [-0.1, -0.05) is 0 Å². The summed E-state index contributed by atoms with van der Waals surface area (Å²) >= 11 is 0. The summed E-state index contributed by atoms with van der Waals surface area (Å²) in [7, 11) is 8.06. The van der Waals surface area contributed by atoms with Crippen LogP contribution in [0.4, 0.5) is 0 Å². The van der Waals surface area contributed by atoms with Crippen molar-refractivity contribution in [3.63, 3.8) is 0 Å². The molecule has 2 atom stereocenters. The predicted octanol–water partition coefficient (Wildman–Crippen LogP) is 1.73. The maximum atomic E-state index is 5.07. The Labute approximate surface area is 149 Å². The van der Waals surface area contributed by atoms with Crippen LogP contribution < -0.4 is 4.74 Å². The lowest BCUT2D eigenvalue weighted by Gasteiger charge is -2.40. The molecule has 0 bridgehead atoms. The van der Waals surface area contributed by atoms with Crippen LogP contribution in [-0.2, 0) is 13.6 Å². The van der Waals surface area contributed by atoms with Crippen molar-refractivity contribution in [2.24, 2.45) is 13.0 Å². The first-order valence-corrected chi connectivity index (χ1v) is 8.80. The Morgan fingerprint density at radius 3 is 2.76 bits per heavy atom. The van der Waals surface area contributed by atoms with Crippen LogP contribution in [0.25, 0.3) is 0 Å². The molecule has 25 heavy (non-hydrogen) atoms. The van der Waals surface area contributed by atoms with Crippen molar-refractivity contribution in [3.05, 3.63) is 36.0 Å². The molecule has 7 nitrogen and oxygen atoms in total. The molecule has 0 N–H and O–H groups in total. The van der Waals surface area contributed by atoms with Gasteiger partial charge in [0.05, 0.1) is 30.9 Å². The fourth-order valence-corrected chi connectivity index (χ4v) is 3.85. The Morgan fingerprint density at radius 2 is 2.12 bits per heavy atom. The largest absolute Gasteiger partial charge is 0.480 e. The van der Waals surface area contributed by atoms with E-state index in [-0.39, 0.29) is 0 Å². The Morgan fingerprint density at radius 1 is 1.28 bits per heavy atom. The van der Waals surface area contributed by atoms with Gasteiger partial charge in [-0.3, -0.25) is 4.90 Å². The normalized spacial score (nSPS) is 21.6. The van der Waals surface area contributed by atoms with Crippen LogP contribution in [0.2, 0.25) is 0 Å². The lowest BCUT2D eigenvalue weighted by Crippen LogP contribution is -2.41. The quantitative estimate of drug-likeness (QED) is 0.795. The number of rotatable bonds is 6. The minimum atomic E-state index is 0.408. The molecule has 1 aliphatic rings. The number of likely N-dealkylation sites (tertiary alicyclic amines) is 1. The van der Waals surface area contributed by atoms with E-state index in [2.05, 4.69) is 50.7 Å². The van der Waals surface area contributed by atoms with Crippen molar-refractivity contribution in [1.29, 1.82) is 0 Å². The van der Waals surface area contributed by atoms with E-state index in [9.17, 15) is 0 Å².